The zero-order chi connectivity index (χ0) is 22.5. The molecule has 0 aliphatic rings. The molecular weight excluding hydrogens is 399 g/mol. The Morgan fingerprint density at radius 2 is 1.59 bits per heavy atom. The molecule has 0 fully saturated rings. The number of aromatic nitrogens is 2. The van der Waals surface area contributed by atoms with Crippen molar-refractivity contribution in [3.8, 4) is 11.4 Å². The Labute approximate surface area is 187 Å². The van der Waals surface area contributed by atoms with Gasteiger partial charge in [0, 0.05) is 24.1 Å². The summed E-state index contributed by atoms with van der Waals surface area (Å²) in [6.45, 7) is 6.02. The number of rotatable bonds is 7. The van der Waals surface area contributed by atoms with Crippen molar-refractivity contribution in [3.63, 3.8) is 0 Å². The molecule has 0 saturated heterocycles. The van der Waals surface area contributed by atoms with Crippen molar-refractivity contribution in [2.75, 3.05) is 0 Å². The Hall–Kier alpha value is -3.79. The maximum atomic E-state index is 15.0. The average molecular weight is 425 g/mol. The minimum Gasteiger partial charge on any atom is -0.292 e. The highest BCUT2D eigenvalue weighted by Gasteiger charge is 2.19. The Balaban J connectivity index is 1.85. The molecule has 0 saturated carbocycles. The van der Waals surface area contributed by atoms with Crippen LogP contribution in [-0.4, -0.2) is 9.55 Å². The van der Waals surface area contributed by atoms with Gasteiger partial charge in [0.1, 0.15) is 11.6 Å². The highest BCUT2D eigenvalue weighted by atomic mass is 19.1. The summed E-state index contributed by atoms with van der Waals surface area (Å²) in [6, 6.07) is 24.7. The van der Waals surface area contributed by atoms with Gasteiger partial charge in [0.2, 0.25) is 0 Å². The predicted molar refractivity (Wildman–Crippen MR) is 128 cm³/mol. The first-order chi connectivity index (χ1) is 15.6. The number of hydrogen-bond donors (Lipinski definition) is 0. The first-order valence-corrected chi connectivity index (χ1v) is 10.7. The van der Waals surface area contributed by atoms with Crippen molar-refractivity contribution in [1.82, 2.24) is 9.55 Å². The van der Waals surface area contributed by atoms with Gasteiger partial charge in [-0.3, -0.25) is 9.36 Å². The van der Waals surface area contributed by atoms with Crippen molar-refractivity contribution in [2.24, 2.45) is 0 Å². The lowest BCUT2D eigenvalue weighted by Crippen LogP contribution is -2.27. The molecule has 3 nitrogen and oxygen atoms in total. The second-order valence-electron chi connectivity index (χ2n) is 7.76. The summed E-state index contributed by atoms with van der Waals surface area (Å²) >= 11 is 0. The lowest BCUT2D eigenvalue weighted by atomic mass is 9.98. The fourth-order valence-electron chi connectivity index (χ4n) is 3.96. The molecule has 0 amide bonds. The Kier molecular flexibility index (Phi) is 6.41. The molecule has 0 aliphatic heterocycles. The maximum Gasteiger partial charge on any atom is 0.261 e. The van der Waals surface area contributed by atoms with Gasteiger partial charge in [-0.25, -0.2) is 9.37 Å². The van der Waals surface area contributed by atoms with Crippen LogP contribution in [0, 0.1) is 12.7 Å². The van der Waals surface area contributed by atoms with E-state index < -0.39 is 0 Å². The molecule has 1 heterocycles. The van der Waals surface area contributed by atoms with Gasteiger partial charge in [0.15, 0.2) is 0 Å². The van der Waals surface area contributed by atoms with Gasteiger partial charge in [0.25, 0.3) is 5.56 Å². The Morgan fingerprint density at radius 1 is 0.938 bits per heavy atom. The van der Waals surface area contributed by atoms with E-state index in [2.05, 4.69) is 6.58 Å². The summed E-state index contributed by atoms with van der Waals surface area (Å²) in [5.74, 6) is 0.181. The van der Waals surface area contributed by atoms with Crippen LogP contribution in [0.3, 0.4) is 0 Å². The van der Waals surface area contributed by atoms with E-state index in [9.17, 15) is 4.79 Å². The summed E-state index contributed by atoms with van der Waals surface area (Å²) in [7, 11) is 0. The fourth-order valence-corrected chi connectivity index (χ4v) is 3.96. The van der Waals surface area contributed by atoms with Crippen LogP contribution < -0.4 is 5.56 Å². The van der Waals surface area contributed by atoms with Crippen LogP contribution in [0.4, 0.5) is 4.39 Å². The molecule has 0 bridgehead atoms. The van der Waals surface area contributed by atoms with Gasteiger partial charge in [0.05, 0.1) is 11.3 Å². The van der Waals surface area contributed by atoms with E-state index in [4.69, 9.17) is 4.98 Å². The summed E-state index contributed by atoms with van der Waals surface area (Å²) in [4.78, 5) is 18.1. The van der Waals surface area contributed by atoms with Gasteiger partial charge in [-0.2, -0.15) is 0 Å². The lowest BCUT2D eigenvalue weighted by Gasteiger charge is -2.18. The fraction of sp³-hybridized carbons (Fsp3) is 0.143. The van der Waals surface area contributed by atoms with Gasteiger partial charge in [-0.05, 0) is 30.5 Å². The molecule has 0 unspecified atom stereocenters. The summed E-state index contributed by atoms with van der Waals surface area (Å²) < 4.78 is 16.7. The van der Waals surface area contributed by atoms with Crippen molar-refractivity contribution in [2.45, 2.75) is 26.3 Å². The molecule has 4 heteroatoms. The molecule has 0 N–H and O–H groups in total. The standard InChI is InChI=1S/C28H25FN2O/c1-3-23-20(2)30-27(31(28(23)32)18-17-21-11-6-4-7-12-21)24-15-10-16-26(29)25(24)19-22-13-8-5-9-14-22/h3-16H,1,17-19H2,2H3. The first-order valence-electron chi connectivity index (χ1n) is 10.7. The molecule has 0 radical (unpaired) electrons. The van der Waals surface area contributed by atoms with E-state index in [-0.39, 0.29) is 11.4 Å². The number of halogens is 1. The minimum absolute atomic E-state index is 0.159. The van der Waals surface area contributed by atoms with Crippen LogP contribution in [-0.2, 0) is 19.4 Å². The largest absolute Gasteiger partial charge is 0.292 e. The van der Waals surface area contributed by atoms with Crippen molar-refractivity contribution >= 4 is 6.08 Å². The third-order valence-corrected chi connectivity index (χ3v) is 5.65. The number of aryl methyl sites for hydroxylation is 2. The second-order valence-corrected chi connectivity index (χ2v) is 7.76. The van der Waals surface area contributed by atoms with Crippen molar-refractivity contribution < 1.29 is 4.39 Å². The van der Waals surface area contributed by atoms with Crippen molar-refractivity contribution in [1.29, 1.82) is 0 Å². The predicted octanol–water partition coefficient (Wildman–Crippen LogP) is 5.83. The number of nitrogens with zero attached hydrogens (tertiary/aromatic N) is 2. The molecule has 32 heavy (non-hydrogen) atoms. The quantitative estimate of drug-likeness (QED) is 0.374. The van der Waals surface area contributed by atoms with Gasteiger partial charge in [-0.15, -0.1) is 0 Å². The molecule has 0 spiro atoms. The third kappa shape index (κ3) is 4.45. The van der Waals surface area contributed by atoms with E-state index >= 15 is 4.39 Å². The zero-order valence-electron chi connectivity index (χ0n) is 18.1. The third-order valence-electron chi connectivity index (χ3n) is 5.65. The molecule has 4 aromatic rings. The van der Waals surface area contributed by atoms with E-state index in [1.807, 2.05) is 66.7 Å². The van der Waals surface area contributed by atoms with Crippen LogP contribution >= 0.6 is 0 Å². The molecule has 0 atom stereocenters. The van der Waals surface area contributed by atoms with Gasteiger partial charge < -0.3 is 0 Å². The van der Waals surface area contributed by atoms with E-state index in [0.29, 0.717) is 47.6 Å². The molecular formula is C28H25FN2O. The minimum atomic E-state index is -0.305. The Morgan fingerprint density at radius 3 is 2.25 bits per heavy atom. The average Bonchev–Trinajstić information content (AvgIpc) is 2.81. The Bertz CT molecular complexity index is 1290. The highest BCUT2D eigenvalue weighted by molar-refractivity contribution is 5.63. The topological polar surface area (TPSA) is 34.9 Å². The monoisotopic (exact) mass is 424 g/mol. The molecule has 0 aliphatic carbocycles. The number of hydrogen-bond acceptors (Lipinski definition) is 2. The van der Waals surface area contributed by atoms with Crippen LogP contribution in [0.1, 0.15) is 27.9 Å². The molecule has 4 rings (SSSR count). The molecule has 160 valence electrons. The van der Waals surface area contributed by atoms with Crippen LogP contribution in [0.25, 0.3) is 17.5 Å². The van der Waals surface area contributed by atoms with E-state index in [1.54, 1.807) is 23.6 Å². The highest BCUT2D eigenvalue weighted by Crippen LogP contribution is 2.27. The van der Waals surface area contributed by atoms with Crippen LogP contribution in [0.5, 0.6) is 0 Å². The molecule has 3 aromatic carbocycles. The maximum absolute atomic E-state index is 15.0. The first kappa shape index (κ1) is 21.4. The summed E-state index contributed by atoms with van der Waals surface area (Å²) in [5.41, 5.74) is 4.19. The van der Waals surface area contributed by atoms with Crippen LogP contribution in [0.15, 0.2) is 90.2 Å². The van der Waals surface area contributed by atoms with Crippen LogP contribution in [0.2, 0.25) is 0 Å². The summed E-state index contributed by atoms with van der Waals surface area (Å²) in [6.07, 6.45) is 2.63. The lowest BCUT2D eigenvalue weighted by molar-refractivity contribution is 0.612. The zero-order valence-corrected chi connectivity index (χ0v) is 18.1. The normalized spacial score (nSPS) is 10.8. The summed E-state index contributed by atoms with van der Waals surface area (Å²) in [5, 5.41) is 0. The smallest absolute Gasteiger partial charge is 0.261 e. The van der Waals surface area contributed by atoms with Crippen molar-refractivity contribution in [3.05, 3.63) is 130 Å². The SMILES string of the molecule is C=Cc1c(C)nc(-c2cccc(F)c2Cc2ccccc2)n(CCc2ccccc2)c1=O. The molecule has 1 aromatic heterocycles. The number of benzene rings is 3. The van der Waals surface area contributed by atoms with E-state index in [0.717, 1.165) is 11.1 Å². The van der Waals surface area contributed by atoms with Gasteiger partial charge in [-0.1, -0.05) is 85.5 Å². The second kappa shape index (κ2) is 9.56. The van der Waals surface area contributed by atoms with E-state index in [1.165, 1.54) is 6.07 Å². The van der Waals surface area contributed by atoms with Gasteiger partial charge >= 0.3 is 0 Å².